The van der Waals surface area contributed by atoms with Crippen LogP contribution in [-0.4, -0.2) is 66.4 Å². The van der Waals surface area contributed by atoms with Crippen LogP contribution in [0, 0.1) is 26.7 Å². The van der Waals surface area contributed by atoms with Gasteiger partial charge in [-0.3, -0.25) is 4.79 Å². The van der Waals surface area contributed by atoms with Gasteiger partial charge in [0.15, 0.2) is 5.82 Å². The summed E-state index contributed by atoms with van der Waals surface area (Å²) >= 11 is 0. The fraction of sp³-hybridized carbons (Fsp3) is 0.429. The monoisotopic (exact) mass is 404 g/mol. The first-order valence-electron chi connectivity index (χ1n) is 10.2. The summed E-state index contributed by atoms with van der Waals surface area (Å²) in [5.41, 5.74) is 3.45. The second-order valence-corrected chi connectivity index (χ2v) is 8.13. The summed E-state index contributed by atoms with van der Waals surface area (Å²) in [7, 11) is 0. The van der Waals surface area contributed by atoms with Gasteiger partial charge in [-0.2, -0.15) is 0 Å². The zero-order valence-corrected chi connectivity index (χ0v) is 17.4. The number of nitrogens with zero attached hydrogens (tertiary/aromatic N) is 8. The maximum absolute atomic E-state index is 13.4. The third kappa shape index (κ3) is 3.10. The Bertz CT molecular complexity index is 1100. The van der Waals surface area contributed by atoms with E-state index in [1.165, 1.54) is 0 Å². The molecule has 0 aromatic carbocycles. The molecule has 0 aliphatic carbocycles. The lowest BCUT2D eigenvalue weighted by Crippen LogP contribution is -2.66. The third-order valence-corrected chi connectivity index (χ3v) is 6.19. The van der Waals surface area contributed by atoms with E-state index in [0.717, 1.165) is 49.0 Å². The van der Waals surface area contributed by atoms with Crippen LogP contribution in [0.2, 0.25) is 0 Å². The Morgan fingerprint density at radius 1 is 1.13 bits per heavy atom. The Morgan fingerprint density at radius 3 is 2.77 bits per heavy atom. The normalized spacial score (nSPS) is 20.6. The van der Waals surface area contributed by atoms with Gasteiger partial charge in [0.05, 0.1) is 24.0 Å². The van der Waals surface area contributed by atoms with Crippen LogP contribution in [0.25, 0.3) is 5.82 Å². The maximum atomic E-state index is 13.4. The van der Waals surface area contributed by atoms with Gasteiger partial charge in [0.25, 0.3) is 5.91 Å². The second kappa shape index (κ2) is 7.16. The molecule has 2 fully saturated rings. The Morgan fingerprint density at radius 2 is 2.00 bits per heavy atom. The fourth-order valence-corrected chi connectivity index (χ4v) is 4.24. The van der Waals surface area contributed by atoms with Crippen molar-refractivity contribution in [2.24, 2.45) is 5.92 Å². The van der Waals surface area contributed by atoms with Crippen LogP contribution < -0.4 is 4.90 Å². The van der Waals surface area contributed by atoms with E-state index < -0.39 is 0 Å². The van der Waals surface area contributed by atoms with E-state index in [1.807, 2.05) is 44.0 Å². The number of aromatic nitrogens is 6. The molecule has 9 nitrogen and oxygen atoms in total. The summed E-state index contributed by atoms with van der Waals surface area (Å²) in [5, 5.41) is 7.89. The molecule has 0 unspecified atom stereocenters. The number of likely N-dealkylation sites (tertiary alicyclic amines) is 1. The fourth-order valence-electron chi connectivity index (χ4n) is 4.24. The molecule has 5 heterocycles. The minimum Gasteiger partial charge on any atom is -0.339 e. The lowest BCUT2D eigenvalue weighted by atomic mass is 9.82. The first-order chi connectivity index (χ1) is 14.5. The summed E-state index contributed by atoms with van der Waals surface area (Å²) in [6, 6.07) is 3.85. The highest BCUT2D eigenvalue weighted by molar-refractivity contribution is 5.98. The molecule has 0 radical (unpaired) electrons. The van der Waals surface area contributed by atoms with E-state index in [0.29, 0.717) is 17.3 Å². The highest BCUT2D eigenvalue weighted by Gasteiger charge is 2.46. The lowest BCUT2D eigenvalue weighted by molar-refractivity contribution is 0.00764. The number of carbonyl (C=O) groups is 1. The number of hydrogen-bond donors (Lipinski definition) is 0. The molecule has 154 valence electrons. The molecule has 9 heteroatoms. The Kier molecular flexibility index (Phi) is 4.45. The molecule has 3 aromatic heterocycles. The van der Waals surface area contributed by atoms with Gasteiger partial charge in [-0.1, -0.05) is 5.21 Å². The number of carbonyl (C=O) groups excluding carboxylic acids is 1. The van der Waals surface area contributed by atoms with Gasteiger partial charge in [0.1, 0.15) is 0 Å². The van der Waals surface area contributed by atoms with E-state index in [-0.39, 0.29) is 11.9 Å². The van der Waals surface area contributed by atoms with Crippen molar-refractivity contribution in [1.29, 1.82) is 0 Å². The molecule has 2 aliphatic heterocycles. The molecular weight excluding hydrogens is 380 g/mol. The topological polar surface area (TPSA) is 92.9 Å². The van der Waals surface area contributed by atoms with Crippen molar-refractivity contribution in [2.75, 3.05) is 24.5 Å². The zero-order valence-electron chi connectivity index (χ0n) is 17.4. The van der Waals surface area contributed by atoms with Gasteiger partial charge in [0.2, 0.25) is 5.95 Å². The largest absolute Gasteiger partial charge is 0.339 e. The van der Waals surface area contributed by atoms with Gasteiger partial charge in [0, 0.05) is 43.1 Å². The number of anilines is 1. The number of hydrogen-bond acceptors (Lipinski definition) is 7. The highest BCUT2D eigenvalue weighted by atomic mass is 16.2. The summed E-state index contributed by atoms with van der Waals surface area (Å²) in [6.07, 6.45) is 6.19. The minimum absolute atomic E-state index is 0.0166. The van der Waals surface area contributed by atoms with E-state index in [9.17, 15) is 4.79 Å². The first-order valence-corrected chi connectivity index (χ1v) is 10.2. The SMILES string of the molecule is Cc1ccc(C(=O)N2C[C@H]3CCN(c4ncc(C)c(C)n4)C[C@H]32)c(-n2ccnn2)n1. The molecule has 2 aliphatic rings. The molecule has 1 amide bonds. The Labute approximate surface area is 174 Å². The number of amides is 1. The minimum atomic E-state index is -0.0166. The molecule has 3 aromatic rings. The van der Waals surface area contributed by atoms with Crippen molar-refractivity contribution >= 4 is 11.9 Å². The van der Waals surface area contributed by atoms with Gasteiger partial charge in [-0.25, -0.2) is 19.6 Å². The zero-order chi connectivity index (χ0) is 20.8. The molecule has 0 spiro atoms. The van der Waals surface area contributed by atoms with Gasteiger partial charge < -0.3 is 9.80 Å². The molecule has 30 heavy (non-hydrogen) atoms. The second-order valence-electron chi connectivity index (χ2n) is 8.13. The Hall–Kier alpha value is -3.36. The average Bonchev–Trinajstić information content (AvgIpc) is 3.25. The highest BCUT2D eigenvalue weighted by Crippen LogP contribution is 2.35. The number of rotatable bonds is 3. The maximum Gasteiger partial charge on any atom is 0.258 e. The third-order valence-electron chi connectivity index (χ3n) is 6.19. The van der Waals surface area contributed by atoms with E-state index in [1.54, 1.807) is 17.1 Å². The standard InChI is InChI=1S/C21H24N8O/c1-13-10-22-21(25-15(13)3)27-8-6-16-11-28(18(16)12-27)20(30)17-5-4-14(2)24-19(17)29-9-7-23-26-29/h4-5,7,9-10,16,18H,6,8,11-12H2,1-3H3/t16-,18-/m1/s1. The van der Waals surface area contributed by atoms with Crippen LogP contribution in [0.5, 0.6) is 0 Å². The summed E-state index contributed by atoms with van der Waals surface area (Å²) in [6.45, 7) is 8.36. The van der Waals surface area contributed by atoms with Crippen molar-refractivity contribution in [3.8, 4) is 5.82 Å². The van der Waals surface area contributed by atoms with Crippen LogP contribution in [0.1, 0.15) is 33.7 Å². The number of piperidine rings is 1. The van der Waals surface area contributed by atoms with E-state index >= 15 is 0 Å². The van der Waals surface area contributed by atoms with Gasteiger partial charge in [-0.15, -0.1) is 5.10 Å². The van der Waals surface area contributed by atoms with E-state index in [2.05, 4.69) is 30.2 Å². The van der Waals surface area contributed by atoms with Crippen LogP contribution in [0.4, 0.5) is 5.95 Å². The van der Waals surface area contributed by atoms with Crippen molar-refractivity contribution in [1.82, 2.24) is 34.8 Å². The van der Waals surface area contributed by atoms with Crippen molar-refractivity contribution < 1.29 is 4.79 Å². The van der Waals surface area contributed by atoms with Gasteiger partial charge >= 0.3 is 0 Å². The molecular formula is C21H24N8O. The van der Waals surface area contributed by atoms with Crippen LogP contribution >= 0.6 is 0 Å². The smallest absolute Gasteiger partial charge is 0.258 e. The number of aryl methyl sites for hydroxylation is 3. The quantitative estimate of drug-likeness (QED) is 0.656. The number of fused-ring (bicyclic) bond motifs is 1. The average molecular weight is 404 g/mol. The predicted molar refractivity (Wildman–Crippen MR) is 111 cm³/mol. The molecule has 0 bridgehead atoms. The van der Waals surface area contributed by atoms with Crippen LogP contribution in [-0.2, 0) is 0 Å². The van der Waals surface area contributed by atoms with Gasteiger partial charge in [-0.05, 0) is 44.9 Å². The predicted octanol–water partition coefficient (Wildman–Crippen LogP) is 1.73. The molecule has 0 saturated carbocycles. The molecule has 2 saturated heterocycles. The summed E-state index contributed by atoms with van der Waals surface area (Å²) in [4.78, 5) is 31.3. The van der Waals surface area contributed by atoms with Crippen molar-refractivity contribution in [3.05, 3.63) is 53.2 Å². The van der Waals surface area contributed by atoms with Crippen molar-refractivity contribution in [2.45, 2.75) is 33.2 Å². The van der Waals surface area contributed by atoms with E-state index in [4.69, 9.17) is 0 Å². The summed E-state index contributed by atoms with van der Waals surface area (Å²) < 4.78 is 1.55. The summed E-state index contributed by atoms with van der Waals surface area (Å²) in [5.74, 6) is 1.77. The van der Waals surface area contributed by atoms with Crippen LogP contribution in [0.3, 0.4) is 0 Å². The lowest BCUT2D eigenvalue weighted by Gasteiger charge is -2.53. The Balaban J connectivity index is 1.39. The van der Waals surface area contributed by atoms with Crippen LogP contribution in [0.15, 0.2) is 30.7 Å². The number of pyridine rings is 1. The molecule has 0 N–H and O–H groups in total. The van der Waals surface area contributed by atoms with Crippen molar-refractivity contribution in [3.63, 3.8) is 0 Å². The molecule has 5 rings (SSSR count). The molecule has 2 atom stereocenters. The first kappa shape index (κ1) is 18.7.